The quantitative estimate of drug-likeness (QED) is 0.927. The maximum atomic E-state index is 6.10. The zero-order valence-electron chi connectivity index (χ0n) is 11.8. The molecule has 2 unspecified atom stereocenters. The molecule has 112 valence electrons. The van der Waals surface area contributed by atoms with Gasteiger partial charge in [0.2, 0.25) is 0 Å². The summed E-state index contributed by atoms with van der Waals surface area (Å²) in [6, 6.07) is 7.26. The van der Waals surface area contributed by atoms with Gasteiger partial charge in [-0.25, -0.2) is 0 Å². The SMILES string of the molecule is COc1ccc(Cl)cc1CN1CCC2CCC(C1)N2.Cl. The van der Waals surface area contributed by atoms with Crippen LogP contribution in [-0.2, 0) is 6.54 Å². The highest BCUT2D eigenvalue weighted by Gasteiger charge is 2.29. The van der Waals surface area contributed by atoms with Gasteiger partial charge >= 0.3 is 0 Å². The topological polar surface area (TPSA) is 24.5 Å². The van der Waals surface area contributed by atoms with E-state index in [2.05, 4.69) is 10.2 Å². The Bertz CT molecular complexity index is 455. The van der Waals surface area contributed by atoms with Gasteiger partial charge in [0, 0.05) is 42.3 Å². The number of ether oxygens (including phenoxy) is 1. The highest BCUT2D eigenvalue weighted by molar-refractivity contribution is 6.30. The fraction of sp³-hybridized carbons (Fsp3) is 0.600. The Morgan fingerprint density at radius 1 is 1.30 bits per heavy atom. The zero-order chi connectivity index (χ0) is 13.2. The van der Waals surface area contributed by atoms with E-state index in [1.165, 1.54) is 24.8 Å². The van der Waals surface area contributed by atoms with Crippen LogP contribution in [0.5, 0.6) is 5.75 Å². The third-order valence-electron chi connectivity index (χ3n) is 4.24. The summed E-state index contributed by atoms with van der Waals surface area (Å²) in [5.41, 5.74) is 1.19. The first-order valence-corrected chi connectivity index (χ1v) is 7.43. The standard InChI is InChI=1S/C15H21ClN2O.ClH/c1-19-15-5-2-12(16)8-11(15)9-18-7-6-13-3-4-14(10-18)17-13;/h2,5,8,13-14,17H,3-4,6-7,9-10H2,1H3;1H. The monoisotopic (exact) mass is 316 g/mol. The molecule has 20 heavy (non-hydrogen) atoms. The van der Waals surface area contributed by atoms with Gasteiger partial charge in [-0.2, -0.15) is 0 Å². The zero-order valence-corrected chi connectivity index (χ0v) is 13.3. The van der Waals surface area contributed by atoms with E-state index in [0.29, 0.717) is 6.04 Å². The third-order valence-corrected chi connectivity index (χ3v) is 4.48. The summed E-state index contributed by atoms with van der Waals surface area (Å²) in [6.45, 7) is 3.21. The molecule has 0 aliphatic carbocycles. The predicted octanol–water partition coefficient (Wildman–Crippen LogP) is 3.10. The van der Waals surface area contributed by atoms with E-state index >= 15 is 0 Å². The third kappa shape index (κ3) is 3.59. The number of likely N-dealkylation sites (tertiary alicyclic amines) is 1. The van der Waals surface area contributed by atoms with Gasteiger partial charge in [-0.1, -0.05) is 11.6 Å². The molecule has 2 saturated heterocycles. The lowest BCUT2D eigenvalue weighted by Gasteiger charge is -2.24. The Hall–Kier alpha value is -0.480. The summed E-state index contributed by atoms with van der Waals surface area (Å²) in [7, 11) is 1.72. The van der Waals surface area contributed by atoms with Gasteiger partial charge in [0.05, 0.1) is 7.11 Å². The lowest BCUT2D eigenvalue weighted by molar-refractivity contribution is 0.247. The van der Waals surface area contributed by atoms with Crippen LogP contribution in [0.15, 0.2) is 18.2 Å². The van der Waals surface area contributed by atoms with Gasteiger partial charge in [0.15, 0.2) is 0 Å². The average molecular weight is 317 g/mol. The normalized spacial score (nSPS) is 25.9. The Morgan fingerprint density at radius 3 is 2.90 bits per heavy atom. The molecule has 1 aromatic rings. The van der Waals surface area contributed by atoms with Crippen LogP contribution >= 0.6 is 24.0 Å². The number of methoxy groups -OCH3 is 1. The number of halogens is 2. The number of nitrogens with zero attached hydrogens (tertiary/aromatic N) is 1. The number of nitrogens with one attached hydrogen (secondary N) is 1. The summed E-state index contributed by atoms with van der Waals surface area (Å²) in [5.74, 6) is 0.937. The van der Waals surface area contributed by atoms with Crippen LogP contribution in [0.25, 0.3) is 0 Å². The van der Waals surface area contributed by atoms with Crippen molar-refractivity contribution in [3.63, 3.8) is 0 Å². The van der Waals surface area contributed by atoms with E-state index in [9.17, 15) is 0 Å². The minimum Gasteiger partial charge on any atom is -0.496 e. The van der Waals surface area contributed by atoms with Crippen molar-refractivity contribution in [2.45, 2.75) is 37.9 Å². The van der Waals surface area contributed by atoms with Crippen molar-refractivity contribution in [3.8, 4) is 5.75 Å². The minimum atomic E-state index is 0. The second kappa shape index (κ2) is 6.99. The summed E-state index contributed by atoms with van der Waals surface area (Å²) < 4.78 is 5.43. The van der Waals surface area contributed by atoms with E-state index < -0.39 is 0 Å². The molecule has 2 fully saturated rings. The van der Waals surface area contributed by atoms with Crippen molar-refractivity contribution in [1.82, 2.24) is 10.2 Å². The van der Waals surface area contributed by atoms with Crippen LogP contribution in [0.4, 0.5) is 0 Å². The van der Waals surface area contributed by atoms with Crippen LogP contribution in [0, 0.1) is 0 Å². The Kier molecular flexibility index (Phi) is 5.56. The fourth-order valence-electron chi connectivity index (χ4n) is 3.27. The minimum absolute atomic E-state index is 0. The molecule has 0 spiro atoms. The number of rotatable bonds is 3. The van der Waals surface area contributed by atoms with Crippen LogP contribution in [0.3, 0.4) is 0 Å². The van der Waals surface area contributed by atoms with E-state index in [1.54, 1.807) is 7.11 Å². The first kappa shape index (κ1) is 15.9. The van der Waals surface area contributed by atoms with Crippen molar-refractivity contribution >= 4 is 24.0 Å². The molecule has 3 nitrogen and oxygen atoms in total. The summed E-state index contributed by atoms with van der Waals surface area (Å²) in [6.07, 6.45) is 3.91. The molecule has 5 heteroatoms. The smallest absolute Gasteiger partial charge is 0.123 e. The Morgan fingerprint density at radius 2 is 2.10 bits per heavy atom. The van der Waals surface area contributed by atoms with E-state index in [4.69, 9.17) is 16.3 Å². The Labute approximate surface area is 132 Å². The predicted molar refractivity (Wildman–Crippen MR) is 85.1 cm³/mol. The second-order valence-electron chi connectivity index (χ2n) is 5.62. The van der Waals surface area contributed by atoms with Crippen molar-refractivity contribution in [2.75, 3.05) is 20.2 Å². The van der Waals surface area contributed by atoms with E-state index in [-0.39, 0.29) is 12.4 Å². The molecule has 2 aliphatic heterocycles. The molecule has 0 radical (unpaired) electrons. The molecule has 0 aromatic heterocycles. The van der Waals surface area contributed by atoms with Gasteiger partial charge in [0.25, 0.3) is 0 Å². The summed E-state index contributed by atoms with van der Waals surface area (Å²) >= 11 is 6.10. The second-order valence-corrected chi connectivity index (χ2v) is 6.05. The first-order chi connectivity index (χ1) is 9.24. The lowest BCUT2D eigenvalue weighted by atomic mass is 10.1. The van der Waals surface area contributed by atoms with Gasteiger partial charge in [-0.15, -0.1) is 12.4 Å². The van der Waals surface area contributed by atoms with Gasteiger partial charge in [0.1, 0.15) is 5.75 Å². The summed E-state index contributed by atoms with van der Waals surface area (Å²) in [5, 5.41) is 4.49. The van der Waals surface area contributed by atoms with Crippen LogP contribution in [0.2, 0.25) is 5.02 Å². The number of fused-ring (bicyclic) bond motifs is 2. The van der Waals surface area contributed by atoms with Crippen LogP contribution in [-0.4, -0.2) is 37.2 Å². The van der Waals surface area contributed by atoms with Crippen molar-refractivity contribution in [2.24, 2.45) is 0 Å². The summed E-state index contributed by atoms with van der Waals surface area (Å²) in [4.78, 5) is 2.52. The average Bonchev–Trinajstić information content (AvgIpc) is 2.73. The fourth-order valence-corrected chi connectivity index (χ4v) is 3.47. The number of hydrogen-bond acceptors (Lipinski definition) is 3. The molecule has 2 bridgehead atoms. The maximum Gasteiger partial charge on any atom is 0.123 e. The molecule has 1 aromatic carbocycles. The van der Waals surface area contributed by atoms with Crippen LogP contribution < -0.4 is 10.1 Å². The first-order valence-electron chi connectivity index (χ1n) is 7.05. The maximum absolute atomic E-state index is 6.10. The molecule has 2 heterocycles. The van der Waals surface area contributed by atoms with Gasteiger partial charge in [-0.3, -0.25) is 4.90 Å². The molecule has 1 N–H and O–H groups in total. The molecular weight excluding hydrogens is 295 g/mol. The lowest BCUT2D eigenvalue weighted by Crippen LogP contribution is -2.35. The van der Waals surface area contributed by atoms with Crippen molar-refractivity contribution < 1.29 is 4.74 Å². The van der Waals surface area contributed by atoms with Crippen molar-refractivity contribution in [1.29, 1.82) is 0 Å². The molecule has 0 saturated carbocycles. The van der Waals surface area contributed by atoms with Crippen molar-refractivity contribution in [3.05, 3.63) is 28.8 Å². The molecule has 2 atom stereocenters. The molecule has 3 rings (SSSR count). The van der Waals surface area contributed by atoms with Gasteiger partial charge < -0.3 is 10.1 Å². The number of benzene rings is 1. The largest absolute Gasteiger partial charge is 0.496 e. The van der Waals surface area contributed by atoms with Gasteiger partial charge in [-0.05, 0) is 37.5 Å². The van der Waals surface area contributed by atoms with Crippen LogP contribution in [0.1, 0.15) is 24.8 Å². The molecular formula is C15H22Cl2N2O. The molecule has 0 amide bonds. The van der Waals surface area contributed by atoms with E-state index in [1.807, 2.05) is 18.2 Å². The Balaban J connectivity index is 0.00000147. The molecule has 2 aliphatic rings. The highest BCUT2D eigenvalue weighted by atomic mass is 35.5. The highest BCUT2D eigenvalue weighted by Crippen LogP contribution is 2.26. The number of hydrogen-bond donors (Lipinski definition) is 1. The van der Waals surface area contributed by atoms with E-state index in [0.717, 1.165) is 36.4 Å².